The Labute approximate surface area is 131 Å². The van der Waals surface area contributed by atoms with Crippen LogP contribution in [0.1, 0.15) is 25.6 Å². The minimum absolute atomic E-state index is 0.654. The summed E-state index contributed by atoms with van der Waals surface area (Å²) in [6.07, 6.45) is 6.75. The fourth-order valence-electron chi connectivity index (χ4n) is 2.86. The third-order valence-electron chi connectivity index (χ3n) is 4.30. The molecule has 0 saturated carbocycles. The van der Waals surface area contributed by atoms with Crippen LogP contribution in [-0.4, -0.2) is 34.6 Å². The summed E-state index contributed by atoms with van der Waals surface area (Å²) in [6, 6.07) is 6.06. The van der Waals surface area contributed by atoms with Gasteiger partial charge in [0.05, 0.1) is 5.69 Å². The maximum absolute atomic E-state index is 5.78. The van der Waals surface area contributed by atoms with E-state index in [-0.39, 0.29) is 0 Å². The van der Waals surface area contributed by atoms with Crippen molar-refractivity contribution in [2.45, 2.75) is 26.2 Å². The molecule has 3 heterocycles. The number of piperidine rings is 1. The van der Waals surface area contributed by atoms with Crippen LogP contribution in [0.25, 0.3) is 11.3 Å². The van der Waals surface area contributed by atoms with E-state index in [0.29, 0.717) is 5.92 Å². The van der Waals surface area contributed by atoms with E-state index in [4.69, 9.17) is 10.7 Å². The van der Waals surface area contributed by atoms with Crippen LogP contribution in [0.15, 0.2) is 30.6 Å². The molecule has 1 fully saturated rings. The molecule has 2 N–H and O–H groups in total. The molecule has 0 aromatic carbocycles. The Morgan fingerprint density at radius 3 is 2.73 bits per heavy atom. The minimum Gasteiger partial charge on any atom is -0.356 e. The van der Waals surface area contributed by atoms with Gasteiger partial charge in [0.25, 0.3) is 0 Å². The second-order valence-corrected chi connectivity index (χ2v) is 5.79. The van der Waals surface area contributed by atoms with Gasteiger partial charge >= 0.3 is 0 Å². The first-order valence-corrected chi connectivity index (χ1v) is 8.03. The molecule has 3 rings (SSSR count). The first kappa shape index (κ1) is 14.9. The smallest absolute Gasteiger partial charge is 0.132 e. The summed E-state index contributed by atoms with van der Waals surface area (Å²) in [4.78, 5) is 15.9. The van der Waals surface area contributed by atoms with Crippen molar-refractivity contribution in [3.05, 3.63) is 36.4 Å². The van der Waals surface area contributed by atoms with E-state index in [1.165, 1.54) is 0 Å². The molecule has 1 aliphatic rings. The van der Waals surface area contributed by atoms with Crippen LogP contribution in [0.4, 0.5) is 5.82 Å². The third-order valence-corrected chi connectivity index (χ3v) is 4.30. The van der Waals surface area contributed by atoms with Gasteiger partial charge in [-0.25, -0.2) is 9.97 Å². The van der Waals surface area contributed by atoms with Gasteiger partial charge < -0.3 is 10.6 Å². The van der Waals surface area contributed by atoms with E-state index in [0.717, 1.165) is 61.8 Å². The minimum atomic E-state index is 0.654. The van der Waals surface area contributed by atoms with Crippen LogP contribution in [-0.2, 0) is 6.42 Å². The van der Waals surface area contributed by atoms with Crippen LogP contribution < -0.4 is 10.6 Å². The summed E-state index contributed by atoms with van der Waals surface area (Å²) in [5.41, 5.74) is 7.78. The highest BCUT2D eigenvalue weighted by Crippen LogP contribution is 2.25. The van der Waals surface area contributed by atoms with Crippen LogP contribution in [0.2, 0.25) is 0 Å². The molecular weight excluding hydrogens is 274 g/mol. The molecule has 5 nitrogen and oxygen atoms in total. The predicted octanol–water partition coefficient (Wildman–Crippen LogP) is 2.28. The van der Waals surface area contributed by atoms with Crippen molar-refractivity contribution in [1.82, 2.24) is 15.0 Å². The molecule has 0 aliphatic carbocycles. The number of aromatic nitrogens is 3. The van der Waals surface area contributed by atoms with Gasteiger partial charge in [-0.3, -0.25) is 4.98 Å². The molecule has 116 valence electrons. The molecular formula is C17H23N5. The number of nitrogens with zero attached hydrogens (tertiary/aromatic N) is 4. The quantitative estimate of drug-likeness (QED) is 0.937. The largest absolute Gasteiger partial charge is 0.356 e. The van der Waals surface area contributed by atoms with Gasteiger partial charge in [-0.15, -0.1) is 0 Å². The third kappa shape index (κ3) is 3.25. The van der Waals surface area contributed by atoms with Gasteiger partial charge in [0, 0.05) is 43.5 Å². The molecule has 0 bridgehead atoms. The standard InChI is InChI=1S/C17H23N5/c1-2-16-20-15(14-4-3-7-19-12-14)10-17(21-16)22-8-5-13(11-18)6-9-22/h3-4,7,10,12-13H,2,5-6,8-9,11,18H2,1H3. The predicted molar refractivity (Wildman–Crippen MR) is 88.6 cm³/mol. The average molecular weight is 297 g/mol. The van der Waals surface area contributed by atoms with Crippen molar-refractivity contribution in [3.63, 3.8) is 0 Å². The average Bonchev–Trinajstić information content (AvgIpc) is 2.62. The lowest BCUT2D eigenvalue weighted by Gasteiger charge is -2.32. The Kier molecular flexibility index (Phi) is 4.63. The number of nitrogens with two attached hydrogens (primary N) is 1. The zero-order valence-electron chi connectivity index (χ0n) is 13.1. The van der Waals surface area contributed by atoms with Crippen molar-refractivity contribution in [2.75, 3.05) is 24.5 Å². The van der Waals surface area contributed by atoms with E-state index in [1.807, 2.05) is 18.3 Å². The van der Waals surface area contributed by atoms with Gasteiger partial charge in [-0.05, 0) is 37.4 Å². The molecule has 2 aromatic heterocycles. The fraction of sp³-hybridized carbons (Fsp3) is 0.471. The number of aryl methyl sites for hydroxylation is 1. The van der Waals surface area contributed by atoms with Crippen LogP contribution in [0.3, 0.4) is 0 Å². The van der Waals surface area contributed by atoms with E-state index >= 15 is 0 Å². The second kappa shape index (κ2) is 6.83. The summed E-state index contributed by atoms with van der Waals surface area (Å²) < 4.78 is 0. The zero-order valence-corrected chi connectivity index (χ0v) is 13.1. The first-order valence-electron chi connectivity index (χ1n) is 8.03. The summed E-state index contributed by atoms with van der Waals surface area (Å²) in [5.74, 6) is 2.57. The maximum atomic E-state index is 5.78. The molecule has 0 unspecified atom stereocenters. The van der Waals surface area contributed by atoms with Crippen molar-refractivity contribution >= 4 is 5.82 Å². The topological polar surface area (TPSA) is 67.9 Å². The lowest BCUT2D eigenvalue weighted by atomic mass is 9.97. The van der Waals surface area contributed by atoms with Crippen LogP contribution >= 0.6 is 0 Å². The van der Waals surface area contributed by atoms with Crippen LogP contribution in [0, 0.1) is 5.92 Å². The Hall–Kier alpha value is -2.01. The summed E-state index contributed by atoms with van der Waals surface area (Å²) >= 11 is 0. The van der Waals surface area contributed by atoms with Gasteiger partial charge in [0.2, 0.25) is 0 Å². The van der Waals surface area contributed by atoms with Crippen molar-refractivity contribution in [3.8, 4) is 11.3 Å². The Morgan fingerprint density at radius 2 is 2.09 bits per heavy atom. The molecule has 1 saturated heterocycles. The van der Waals surface area contributed by atoms with Gasteiger partial charge in [0.1, 0.15) is 11.6 Å². The number of hydrogen-bond acceptors (Lipinski definition) is 5. The summed E-state index contributed by atoms with van der Waals surface area (Å²) in [7, 11) is 0. The molecule has 1 aliphatic heterocycles. The fourth-order valence-corrected chi connectivity index (χ4v) is 2.86. The lowest BCUT2D eigenvalue weighted by molar-refractivity contribution is 0.413. The Morgan fingerprint density at radius 1 is 1.27 bits per heavy atom. The van der Waals surface area contributed by atoms with Gasteiger partial charge in [0.15, 0.2) is 0 Å². The number of hydrogen-bond donors (Lipinski definition) is 1. The summed E-state index contributed by atoms with van der Waals surface area (Å²) in [5, 5.41) is 0. The zero-order chi connectivity index (χ0) is 15.4. The van der Waals surface area contributed by atoms with E-state index in [2.05, 4.69) is 27.9 Å². The Bertz CT molecular complexity index is 606. The SMILES string of the molecule is CCc1nc(-c2cccnc2)cc(N2CCC(CN)CC2)n1. The highest BCUT2D eigenvalue weighted by Gasteiger charge is 2.20. The van der Waals surface area contributed by atoms with E-state index < -0.39 is 0 Å². The number of rotatable bonds is 4. The highest BCUT2D eigenvalue weighted by molar-refractivity contribution is 5.62. The molecule has 0 atom stereocenters. The second-order valence-electron chi connectivity index (χ2n) is 5.79. The van der Waals surface area contributed by atoms with Gasteiger partial charge in [-0.2, -0.15) is 0 Å². The molecule has 0 radical (unpaired) electrons. The van der Waals surface area contributed by atoms with E-state index in [1.54, 1.807) is 6.20 Å². The molecule has 0 amide bonds. The Balaban J connectivity index is 1.88. The molecule has 22 heavy (non-hydrogen) atoms. The first-order chi connectivity index (χ1) is 10.8. The molecule has 0 spiro atoms. The normalized spacial score (nSPS) is 16.0. The summed E-state index contributed by atoms with van der Waals surface area (Å²) in [6.45, 7) is 4.93. The molecule has 5 heteroatoms. The van der Waals surface area contributed by atoms with Crippen molar-refractivity contribution in [1.29, 1.82) is 0 Å². The van der Waals surface area contributed by atoms with E-state index in [9.17, 15) is 0 Å². The maximum Gasteiger partial charge on any atom is 0.132 e. The van der Waals surface area contributed by atoms with Crippen molar-refractivity contribution in [2.24, 2.45) is 11.7 Å². The monoisotopic (exact) mass is 297 g/mol. The molecule has 2 aromatic rings. The number of pyridine rings is 1. The lowest BCUT2D eigenvalue weighted by Crippen LogP contribution is -2.36. The van der Waals surface area contributed by atoms with Crippen molar-refractivity contribution < 1.29 is 0 Å². The van der Waals surface area contributed by atoms with Gasteiger partial charge in [-0.1, -0.05) is 6.92 Å². The highest BCUT2D eigenvalue weighted by atomic mass is 15.2. The van der Waals surface area contributed by atoms with Crippen LogP contribution in [0.5, 0.6) is 0 Å². The number of anilines is 1.